The molecule has 146 valence electrons. The number of aromatic nitrogens is 1. The first-order valence-corrected chi connectivity index (χ1v) is 10.2. The number of ether oxygens (including phenoxy) is 2. The largest absolute Gasteiger partial charge is 0.491 e. The molecule has 0 radical (unpaired) electrons. The molecule has 1 saturated carbocycles. The highest BCUT2D eigenvalue weighted by atomic mass is 35.5. The maximum atomic E-state index is 6.47. The molecule has 2 aromatic rings. The van der Waals surface area contributed by atoms with E-state index in [-0.39, 0.29) is 0 Å². The minimum Gasteiger partial charge on any atom is -0.491 e. The number of methoxy groups -OCH3 is 1. The highest BCUT2D eigenvalue weighted by molar-refractivity contribution is 6.33. The fourth-order valence-corrected chi connectivity index (χ4v) is 4.02. The number of nitrogens with zero attached hydrogens (tertiary/aromatic N) is 1. The van der Waals surface area contributed by atoms with Crippen LogP contribution >= 0.6 is 11.6 Å². The Bertz CT molecular complexity index is 713. The van der Waals surface area contributed by atoms with Crippen LogP contribution in [0, 0.1) is 0 Å². The number of rotatable bonds is 8. The Kier molecular flexibility index (Phi) is 7.36. The van der Waals surface area contributed by atoms with Crippen molar-refractivity contribution in [3.8, 4) is 5.75 Å². The highest BCUT2D eigenvalue weighted by Gasteiger charge is 2.23. The van der Waals surface area contributed by atoms with E-state index in [0.29, 0.717) is 25.2 Å². The Hall–Kier alpha value is -1.78. The van der Waals surface area contributed by atoms with Gasteiger partial charge in [0.2, 0.25) is 0 Å². The second-order valence-electron chi connectivity index (χ2n) is 7.08. The molecule has 1 N–H and O–H groups in total. The van der Waals surface area contributed by atoms with Gasteiger partial charge < -0.3 is 14.8 Å². The number of nitrogens with one attached hydrogen (secondary N) is 1. The Morgan fingerprint density at radius 3 is 2.48 bits per heavy atom. The van der Waals surface area contributed by atoms with Gasteiger partial charge in [-0.15, -0.1) is 0 Å². The summed E-state index contributed by atoms with van der Waals surface area (Å²) in [6, 6.07) is 11.0. The van der Waals surface area contributed by atoms with Crippen LogP contribution in [0.1, 0.15) is 49.8 Å². The van der Waals surface area contributed by atoms with Gasteiger partial charge in [-0.1, -0.05) is 30.7 Å². The van der Waals surface area contributed by atoms with Crippen LogP contribution in [0.3, 0.4) is 0 Å². The fourth-order valence-electron chi connectivity index (χ4n) is 3.72. The van der Waals surface area contributed by atoms with E-state index >= 15 is 0 Å². The van der Waals surface area contributed by atoms with Crippen LogP contribution in [0.25, 0.3) is 0 Å². The van der Waals surface area contributed by atoms with Crippen molar-refractivity contribution in [2.24, 2.45) is 0 Å². The minimum absolute atomic E-state index is 0.475. The van der Waals surface area contributed by atoms with Crippen LogP contribution in [0.15, 0.2) is 36.5 Å². The van der Waals surface area contributed by atoms with Gasteiger partial charge in [0.1, 0.15) is 12.4 Å². The van der Waals surface area contributed by atoms with Gasteiger partial charge in [0, 0.05) is 19.3 Å². The molecule has 0 amide bonds. The number of benzene rings is 1. The number of hydrogen-bond donors (Lipinski definition) is 1. The molecule has 1 aliphatic rings. The molecular weight excluding hydrogens is 360 g/mol. The average Bonchev–Trinajstić information content (AvgIpc) is 2.71. The zero-order chi connectivity index (χ0) is 19.1. The Morgan fingerprint density at radius 1 is 1.07 bits per heavy atom. The maximum Gasteiger partial charge on any atom is 0.119 e. The van der Waals surface area contributed by atoms with Gasteiger partial charge in [-0.3, -0.25) is 4.98 Å². The van der Waals surface area contributed by atoms with Crippen LogP contribution in [-0.4, -0.2) is 31.3 Å². The summed E-state index contributed by atoms with van der Waals surface area (Å²) < 4.78 is 10.7. The smallest absolute Gasteiger partial charge is 0.119 e. The van der Waals surface area contributed by atoms with Crippen LogP contribution in [-0.2, 0) is 11.2 Å². The molecule has 4 nitrogen and oxygen atoms in total. The second-order valence-corrected chi connectivity index (χ2v) is 7.45. The molecule has 3 rings (SSSR count). The lowest BCUT2D eigenvalue weighted by Crippen LogP contribution is -2.25. The molecule has 0 bridgehead atoms. The van der Waals surface area contributed by atoms with Crippen molar-refractivity contribution >= 4 is 17.3 Å². The van der Waals surface area contributed by atoms with Crippen LogP contribution in [0.4, 0.5) is 5.69 Å². The molecule has 1 heterocycles. The highest BCUT2D eigenvalue weighted by Crippen LogP contribution is 2.35. The van der Waals surface area contributed by atoms with Crippen LogP contribution < -0.4 is 10.1 Å². The topological polar surface area (TPSA) is 43.4 Å². The third-order valence-electron chi connectivity index (χ3n) is 5.29. The first-order chi connectivity index (χ1) is 13.2. The van der Waals surface area contributed by atoms with Gasteiger partial charge in [0.05, 0.1) is 23.0 Å². The van der Waals surface area contributed by atoms with Gasteiger partial charge in [0.25, 0.3) is 0 Å². The normalized spacial score (nSPS) is 19.7. The Labute approximate surface area is 167 Å². The maximum absolute atomic E-state index is 6.47. The van der Waals surface area contributed by atoms with Gasteiger partial charge in [0.15, 0.2) is 0 Å². The molecule has 5 heteroatoms. The molecular formula is C22H29ClN2O2. The lowest BCUT2D eigenvalue weighted by atomic mass is 9.81. The monoisotopic (exact) mass is 388 g/mol. The first kappa shape index (κ1) is 20.0. The lowest BCUT2D eigenvalue weighted by Gasteiger charge is -2.30. The van der Waals surface area contributed by atoms with E-state index in [1.165, 1.54) is 18.4 Å². The summed E-state index contributed by atoms with van der Waals surface area (Å²) in [5.41, 5.74) is 3.38. The molecule has 27 heavy (non-hydrogen) atoms. The molecule has 1 fully saturated rings. The summed E-state index contributed by atoms with van der Waals surface area (Å²) in [5.74, 6) is 1.53. The molecule has 1 aromatic carbocycles. The molecule has 0 spiro atoms. The molecule has 0 atom stereocenters. The van der Waals surface area contributed by atoms with E-state index in [1.807, 2.05) is 12.3 Å². The summed E-state index contributed by atoms with van der Waals surface area (Å²) in [7, 11) is 1.68. The summed E-state index contributed by atoms with van der Waals surface area (Å²) in [5, 5.41) is 4.40. The van der Waals surface area contributed by atoms with E-state index in [4.69, 9.17) is 21.1 Å². The number of anilines is 1. The number of aryl methyl sites for hydroxylation is 1. The zero-order valence-electron chi connectivity index (χ0n) is 16.2. The first-order valence-electron chi connectivity index (χ1n) is 9.82. The van der Waals surface area contributed by atoms with Crippen LogP contribution in [0.5, 0.6) is 5.75 Å². The van der Waals surface area contributed by atoms with Crippen molar-refractivity contribution < 1.29 is 9.47 Å². The average molecular weight is 389 g/mol. The van der Waals surface area contributed by atoms with E-state index in [1.54, 1.807) is 7.11 Å². The van der Waals surface area contributed by atoms with Crippen molar-refractivity contribution in [3.63, 3.8) is 0 Å². The van der Waals surface area contributed by atoms with Gasteiger partial charge in [-0.25, -0.2) is 0 Å². The quantitative estimate of drug-likeness (QED) is 0.609. The number of pyridine rings is 1. The molecule has 0 unspecified atom stereocenters. The van der Waals surface area contributed by atoms with E-state index in [9.17, 15) is 0 Å². The van der Waals surface area contributed by atoms with Crippen molar-refractivity contribution in [3.05, 3.63) is 52.8 Å². The number of hydrogen-bond acceptors (Lipinski definition) is 4. The van der Waals surface area contributed by atoms with Crippen molar-refractivity contribution in [2.45, 2.75) is 51.0 Å². The Morgan fingerprint density at radius 2 is 1.81 bits per heavy atom. The molecule has 1 aliphatic carbocycles. The predicted molar refractivity (Wildman–Crippen MR) is 111 cm³/mol. The number of halogens is 1. The van der Waals surface area contributed by atoms with Gasteiger partial charge >= 0.3 is 0 Å². The van der Waals surface area contributed by atoms with Crippen molar-refractivity contribution in [2.75, 3.05) is 25.6 Å². The summed E-state index contributed by atoms with van der Waals surface area (Å²) in [6.07, 6.45) is 7.37. The standard InChI is InChI=1S/C22H29ClN2O2/c1-3-20-22(23)21(12-13-24-20)25-18-8-4-16(5-9-18)17-6-10-19(11-7-17)27-15-14-26-2/h6-7,10-13,16,18H,3-5,8-9,14-15H2,1-2H3,(H,24,25). The van der Waals surface area contributed by atoms with Crippen molar-refractivity contribution in [1.29, 1.82) is 0 Å². The van der Waals surface area contributed by atoms with Crippen molar-refractivity contribution in [1.82, 2.24) is 4.98 Å². The third kappa shape index (κ3) is 5.36. The van der Waals surface area contributed by atoms with E-state index in [2.05, 4.69) is 41.5 Å². The summed E-state index contributed by atoms with van der Waals surface area (Å²) >= 11 is 6.47. The van der Waals surface area contributed by atoms with E-state index < -0.39 is 0 Å². The summed E-state index contributed by atoms with van der Waals surface area (Å²) in [6.45, 7) is 3.28. The lowest BCUT2D eigenvalue weighted by molar-refractivity contribution is 0.146. The third-order valence-corrected chi connectivity index (χ3v) is 5.71. The molecule has 1 aromatic heterocycles. The zero-order valence-corrected chi connectivity index (χ0v) is 17.0. The predicted octanol–water partition coefficient (Wildman–Crippen LogP) is 5.46. The minimum atomic E-state index is 0.475. The van der Waals surface area contributed by atoms with Gasteiger partial charge in [-0.05, 0) is 61.8 Å². The molecule has 0 saturated heterocycles. The summed E-state index contributed by atoms with van der Waals surface area (Å²) in [4.78, 5) is 4.34. The second kappa shape index (κ2) is 9.95. The van der Waals surface area contributed by atoms with Crippen LogP contribution in [0.2, 0.25) is 5.02 Å². The fraction of sp³-hybridized carbons (Fsp3) is 0.500. The Balaban J connectivity index is 1.51. The molecule has 0 aliphatic heterocycles. The van der Waals surface area contributed by atoms with E-state index in [0.717, 1.165) is 41.4 Å². The van der Waals surface area contributed by atoms with Gasteiger partial charge in [-0.2, -0.15) is 0 Å². The SMILES string of the molecule is CCc1nccc(NC2CCC(c3ccc(OCCOC)cc3)CC2)c1Cl.